The molecule has 1 N–H and O–H groups in total. The molecule has 0 spiro atoms. The first-order valence-electron chi connectivity index (χ1n) is 6.66. The van der Waals surface area contributed by atoms with Crippen molar-refractivity contribution >= 4 is 6.29 Å². The molecular formula is C16H24O2. The number of carbonyl (C=O) groups excluding carboxylic acids is 1. The van der Waals surface area contributed by atoms with Crippen LogP contribution in [0.2, 0.25) is 0 Å². The van der Waals surface area contributed by atoms with Gasteiger partial charge in [-0.1, -0.05) is 42.7 Å². The fraction of sp³-hybridized carbons (Fsp3) is 0.562. The van der Waals surface area contributed by atoms with E-state index in [1.807, 2.05) is 39.0 Å². The quantitative estimate of drug-likeness (QED) is 0.591. The Morgan fingerprint density at radius 1 is 1.33 bits per heavy atom. The van der Waals surface area contributed by atoms with Crippen LogP contribution in [0.1, 0.15) is 56.6 Å². The number of unbranched alkanes of at least 4 members (excludes halogenated alkanes) is 1. The van der Waals surface area contributed by atoms with Crippen molar-refractivity contribution in [2.75, 3.05) is 0 Å². The molecule has 0 saturated carbocycles. The third kappa shape index (κ3) is 5.46. The fourth-order valence-electron chi connectivity index (χ4n) is 2.14. The highest BCUT2D eigenvalue weighted by Gasteiger charge is 2.14. The topological polar surface area (TPSA) is 37.3 Å². The molecule has 1 aromatic carbocycles. The molecule has 0 aliphatic rings. The monoisotopic (exact) mass is 248 g/mol. The molecule has 1 rings (SSSR count). The van der Waals surface area contributed by atoms with Crippen molar-refractivity contribution in [1.29, 1.82) is 0 Å². The van der Waals surface area contributed by atoms with Gasteiger partial charge in [0.25, 0.3) is 0 Å². The number of aryl methyl sites for hydroxylation is 1. The number of benzene rings is 1. The minimum absolute atomic E-state index is 0.00768. The zero-order valence-electron chi connectivity index (χ0n) is 11.6. The van der Waals surface area contributed by atoms with Crippen molar-refractivity contribution < 1.29 is 9.90 Å². The summed E-state index contributed by atoms with van der Waals surface area (Å²) in [6.45, 7) is 5.69. The molecule has 1 aromatic rings. The molecule has 2 heteroatoms. The third-order valence-corrected chi connectivity index (χ3v) is 3.19. The minimum Gasteiger partial charge on any atom is -0.390 e. The van der Waals surface area contributed by atoms with Gasteiger partial charge in [0.2, 0.25) is 0 Å². The summed E-state index contributed by atoms with van der Waals surface area (Å²) in [7, 11) is 0. The van der Waals surface area contributed by atoms with E-state index in [2.05, 4.69) is 6.07 Å². The summed E-state index contributed by atoms with van der Waals surface area (Å²) in [4.78, 5) is 11.2. The summed E-state index contributed by atoms with van der Waals surface area (Å²) in [5.74, 6) is -0.00768. The lowest BCUT2D eigenvalue weighted by atomic mass is 9.92. The molecule has 0 bridgehead atoms. The Morgan fingerprint density at radius 2 is 2.06 bits per heavy atom. The molecule has 2 nitrogen and oxygen atoms in total. The van der Waals surface area contributed by atoms with Gasteiger partial charge in [-0.15, -0.1) is 0 Å². The second-order valence-corrected chi connectivity index (χ2v) is 5.71. The van der Waals surface area contributed by atoms with Crippen LogP contribution in [-0.2, 0) is 4.79 Å². The molecule has 0 aliphatic heterocycles. The van der Waals surface area contributed by atoms with Crippen molar-refractivity contribution in [3.8, 4) is 0 Å². The molecule has 0 aliphatic carbocycles. The van der Waals surface area contributed by atoms with E-state index in [1.165, 1.54) is 5.56 Å². The summed E-state index contributed by atoms with van der Waals surface area (Å²) >= 11 is 0. The predicted molar refractivity (Wildman–Crippen MR) is 74.7 cm³/mol. The number of aldehydes is 1. The first kappa shape index (κ1) is 14.9. The Balaban J connectivity index is 2.46. The van der Waals surface area contributed by atoms with E-state index in [0.29, 0.717) is 0 Å². The molecule has 0 heterocycles. The van der Waals surface area contributed by atoms with E-state index in [4.69, 9.17) is 0 Å². The van der Waals surface area contributed by atoms with Crippen LogP contribution < -0.4 is 0 Å². The average molecular weight is 248 g/mol. The minimum atomic E-state index is -0.597. The molecule has 0 fully saturated rings. The number of hydrogen-bond donors (Lipinski definition) is 1. The van der Waals surface area contributed by atoms with Crippen LogP contribution in [0, 0.1) is 6.92 Å². The molecule has 1 unspecified atom stereocenters. The van der Waals surface area contributed by atoms with Crippen LogP contribution in [0.25, 0.3) is 0 Å². The molecule has 0 amide bonds. The van der Waals surface area contributed by atoms with Crippen LogP contribution in [0.5, 0.6) is 0 Å². The van der Waals surface area contributed by atoms with Crippen LogP contribution in [0.15, 0.2) is 24.3 Å². The predicted octanol–water partition coefficient (Wildman–Crippen LogP) is 3.61. The molecular weight excluding hydrogens is 224 g/mol. The highest BCUT2D eigenvalue weighted by molar-refractivity contribution is 5.62. The summed E-state index contributed by atoms with van der Waals surface area (Å²) in [5.41, 5.74) is 1.70. The van der Waals surface area contributed by atoms with E-state index < -0.39 is 5.60 Å². The highest BCUT2D eigenvalue weighted by Crippen LogP contribution is 2.22. The number of carbonyl (C=O) groups is 1. The average Bonchev–Trinajstić information content (AvgIpc) is 2.27. The molecule has 0 saturated heterocycles. The highest BCUT2D eigenvalue weighted by atomic mass is 16.3. The smallest absolute Gasteiger partial charge is 0.127 e. The first-order chi connectivity index (χ1) is 8.42. The van der Waals surface area contributed by atoms with E-state index in [9.17, 15) is 9.90 Å². The van der Waals surface area contributed by atoms with Crippen molar-refractivity contribution in [3.05, 3.63) is 35.4 Å². The lowest BCUT2D eigenvalue weighted by Gasteiger charge is -2.17. The first-order valence-corrected chi connectivity index (χ1v) is 6.66. The Bertz CT molecular complexity index is 377. The maximum atomic E-state index is 11.2. The second-order valence-electron chi connectivity index (χ2n) is 5.71. The number of hydrogen-bond acceptors (Lipinski definition) is 2. The van der Waals surface area contributed by atoms with Gasteiger partial charge in [0, 0.05) is 5.92 Å². The van der Waals surface area contributed by atoms with Gasteiger partial charge >= 0.3 is 0 Å². The fourth-order valence-corrected chi connectivity index (χ4v) is 2.14. The van der Waals surface area contributed by atoms with Crippen LogP contribution >= 0.6 is 0 Å². The van der Waals surface area contributed by atoms with E-state index in [0.717, 1.165) is 37.5 Å². The Labute approximate surface area is 110 Å². The normalized spacial score (nSPS) is 13.3. The van der Waals surface area contributed by atoms with E-state index in [-0.39, 0.29) is 5.92 Å². The third-order valence-electron chi connectivity index (χ3n) is 3.19. The molecule has 100 valence electrons. The van der Waals surface area contributed by atoms with Gasteiger partial charge in [-0.3, -0.25) is 0 Å². The van der Waals surface area contributed by atoms with Gasteiger partial charge in [0.05, 0.1) is 5.60 Å². The maximum absolute atomic E-state index is 11.2. The van der Waals surface area contributed by atoms with Gasteiger partial charge < -0.3 is 9.90 Å². The zero-order chi connectivity index (χ0) is 13.6. The van der Waals surface area contributed by atoms with Crippen LogP contribution in [0.4, 0.5) is 0 Å². The van der Waals surface area contributed by atoms with Gasteiger partial charge in [-0.05, 0) is 39.2 Å². The largest absolute Gasteiger partial charge is 0.390 e. The lowest BCUT2D eigenvalue weighted by molar-refractivity contribution is -0.109. The van der Waals surface area contributed by atoms with Gasteiger partial charge in [-0.2, -0.15) is 0 Å². The zero-order valence-corrected chi connectivity index (χ0v) is 11.6. The summed E-state index contributed by atoms with van der Waals surface area (Å²) in [5, 5.41) is 9.62. The molecule has 18 heavy (non-hydrogen) atoms. The molecule has 1 atom stereocenters. The van der Waals surface area contributed by atoms with Gasteiger partial charge in [0.1, 0.15) is 6.29 Å². The SMILES string of the molecule is Cc1cccc(C(C=O)CCCCC(C)(C)O)c1. The van der Waals surface area contributed by atoms with E-state index in [1.54, 1.807) is 0 Å². The lowest BCUT2D eigenvalue weighted by Crippen LogP contribution is -2.17. The molecule has 0 aromatic heterocycles. The van der Waals surface area contributed by atoms with Crippen molar-refractivity contribution in [3.63, 3.8) is 0 Å². The summed E-state index contributed by atoms with van der Waals surface area (Å²) in [6.07, 6.45) is 4.62. The Kier molecular flexibility index (Phi) is 5.54. The second kappa shape index (κ2) is 6.69. The maximum Gasteiger partial charge on any atom is 0.127 e. The Hall–Kier alpha value is -1.15. The van der Waals surface area contributed by atoms with Crippen LogP contribution in [-0.4, -0.2) is 17.0 Å². The Morgan fingerprint density at radius 3 is 2.61 bits per heavy atom. The number of aliphatic hydroxyl groups is 1. The van der Waals surface area contributed by atoms with Gasteiger partial charge in [0.15, 0.2) is 0 Å². The van der Waals surface area contributed by atoms with Gasteiger partial charge in [-0.25, -0.2) is 0 Å². The van der Waals surface area contributed by atoms with Crippen molar-refractivity contribution in [1.82, 2.24) is 0 Å². The molecule has 0 radical (unpaired) electrons. The summed E-state index contributed by atoms with van der Waals surface area (Å²) in [6, 6.07) is 8.13. The van der Waals surface area contributed by atoms with Crippen LogP contribution in [0.3, 0.4) is 0 Å². The standard InChI is InChI=1S/C16H24O2/c1-13-7-6-9-14(11-13)15(12-17)8-4-5-10-16(2,3)18/h6-7,9,11-12,15,18H,4-5,8,10H2,1-3H3. The summed E-state index contributed by atoms with van der Waals surface area (Å²) < 4.78 is 0. The van der Waals surface area contributed by atoms with Crippen molar-refractivity contribution in [2.24, 2.45) is 0 Å². The van der Waals surface area contributed by atoms with E-state index >= 15 is 0 Å². The number of rotatable bonds is 7. The van der Waals surface area contributed by atoms with Crippen molar-refractivity contribution in [2.45, 2.75) is 58.0 Å².